The fraction of sp³-hybridized carbons (Fsp3) is 0.190. The third kappa shape index (κ3) is 3.24. The van der Waals surface area contributed by atoms with Crippen molar-refractivity contribution in [3.63, 3.8) is 0 Å². The zero-order valence-electron chi connectivity index (χ0n) is 15.6. The zero-order chi connectivity index (χ0) is 19.0. The third-order valence-electron chi connectivity index (χ3n) is 4.82. The van der Waals surface area contributed by atoms with Gasteiger partial charge in [-0.05, 0) is 44.6 Å². The summed E-state index contributed by atoms with van der Waals surface area (Å²) >= 11 is 5.25. The highest BCUT2D eigenvalue weighted by Crippen LogP contribution is 2.26. The Bertz CT molecular complexity index is 1210. The Morgan fingerprint density at radius 1 is 1.11 bits per heavy atom. The molecule has 0 radical (unpaired) electrons. The Labute approximate surface area is 163 Å². The fourth-order valence-corrected chi connectivity index (χ4v) is 3.66. The topological polar surface area (TPSA) is 50.9 Å². The van der Waals surface area contributed by atoms with E-state index >= 15 is 0 Å². The summed E-state index contributed by atoms with van der Waals surface area (Å²) in [7, 11) is 0. The lowest BCUT2D eigenvalue weighted by Crippen LogP contribution is -2.03. The van der Waals surface area contributed by atoms with E-state index in [9.17, 15) is 0 Å². The maximum Gasteiger partial charge on any atom is 0.216 e. The van der Waals surface area contributed by atoms with Gasteiger partial charge in [-0.1, -0.05) is 48.0 Å². The maximum atomic E-state index is 5.25. The minimum atomic E-state index is 0.491. The number of para-hydroxylation sites is 1. The van der Waals surface area contributed by atoms with Crippen molar-refractivity contribution < 1.29 is 0 Å². The maximum absolute atomic E-state index is 5.25. The molecule has 0 spiro atoms. The Morgan fingerprint density at radius 2 is 1.93 bits per heavy atom. The summed E-state index contributed by atoms with van der Waals surface area (Å²) in [5.41, 5.74) is 6.03. The first-order valence-corrected chi connectivity index (χ1v) is 9.27. The highest BCUT2D eigenvalue weighted by Gasteiger charge is 2.13. The number of H-pyrrole nitrogens is 1. The molecular formula is C21H21N5S. The summed E-state index contributed by atoms with van der Waals surface area (Å²) in [5, 5.41) is 12.6. The average molecular weight is 376 g/mol. The van der Waals surface area contributed by atoms with Crippen LogP contribution in [0.25, 0.3) is 10.9 Å². The van der Waals surface area contributed by atoms with Gasteiger partial charge in [-0.3, -0.25) is 5.10 Å². The van der Waals surface area contributed by atoms with E-state index < -0.39 is 0 Å². The van der Waals surface area contributed by atoms with Gasteiger partial charge in [-0.15, -0.1) is 0 Å². The first-order chi connectivity index (χ1) is 13.0. The SMILES string of the molecule is Cc1cccc(Cn2c(C)c(/C=N\n3c(C)n[nH]c3=S)c3ccccc32)c1. The van der Waals surface area contributed by atoms with Gasteiger partial charge in [-0.25, -0.2) is 0 Å². The summed E-state index contributed by atoms with van der Waals surface area (Å²) in [5.74, 6) is 0.734. The van der Waals surface area contributed by atoms with E-state index in [-0.39, 0.29) is 0 Å². The van der Waals surface area contributed by atoms with Gasteiger partial charge in [-0.2, -0.15) is 14.9 Å². The lowest BCUT2D eigenvalue weighted by molar-refractivity contribution is 0.801. The first kappa shape index (κ1) is 17.4. The number of nitrogens with zero attached hydrogens (tertiary/aromatic N) is 4. The van der Waals surface area contributed by atoms with Gasteiger partial charge in [0.05, 0.1) is 6.21 Å². The number of aromatic amines is 1. The van der Waals surface area contributed by atoms with Crippen LogP contribution < -0.4 is 0 Å². The summed E-state index contributed by atoms with van der Waals surface area (Å²) in [6, 6.07) is 17.1. The Kier molecular flexibility index (Phi) is 4.49. The third-order valence-corrected chi connectivity index (χ3v) is 5.08. The quantitative estimate of drug-likeness (QED) is 0.413. The van der Waals surface area contributed by atoms with E-state index in [1.165, 1.54) is 27.7 Å². The van der Waals surface area contributed by atoms with Crippen LogP contribution in [-0.4, -0.2) is 25.7 Å². The van der Waals surface area contributed by atoms with Crippen molar-refractivity contribution >= 4 is 29.3 Å². The zero-order valence-corrected chi connectivity index (χ0v) is 16.4. The molecule has 0 aliphatic heterocycles. The molecule has 0 aliphatic carbocycles. The summed E-state index contributed by atoms with van der Waals surface area (Å²) < 4.78 is 4.47. The molecule has 136 valence electrons. The number of rotatable bonds is 4. The van der Waals surface area contributed by atoms with Crippen molar-refractivity contribution in [2.24, 2.45) is 5.10 Å². The van der Waals surface area contributed by atoms with Crippen LogP contribution in [0.2, 0.25) is 0 Å². The predicted octanol–water partition coefficient (Wildman–Crippen LogP) is 4.75. The molecule has 1 N–H and O–H groups in total. The van der Waals surface area contributed by atoms with Crippen LogP contribution in [0.1, 0.15) is 28.2 Å². The summed E-state index contributed by atoms with van der Waals surface area (Å²) in [6.45, 7) is 6.96. The molecule has 2 heterocycles. The molecule has 0 unspecified atom stereocenters. The molecule has 5 nitrogen and oxygen atoms in total. The lowest BCUT2D eigenvalue weighted by Gasteiger charge is -2.09. The number of benzene rings is 2. The van der Waals surface area contributed by atoms with Gasteiger partial charge in [0.15, 0.2) is 0 Å². The monoisotopic (exact) mass is 375 g/mol. The van der Waals surface area contributed by atoms with Crippen LogP contribution in [0.5, 0.6) is 0 Å². The predicted molar refractivity (Wildman–Crippen MR) is 112 cm³/mol. The van der Waals surface area contributed by atoms with Crippen LogP contribution in [0.3, 0.4) is 0 Å². The summed E-state index contributed by atoms with van der Waals surface area (Å²) in [4.78, 5) is 0. The van der Waals surface area contributed by atoms with Gasteiger partial charge in [0.2, 0.25) is 4.77 Å². The van der Waals surface area contributed by atoms with Crippen LogP contribution in [0, 0.1) is 25.5 Å². The summed E-state index contributed by atoms with van der Waals surface area (Å²) in [6.07, 6.45) is 1.88. The van der Waals surface area contributed by atoms with Crippen LogP contribution in [-0.2, 0) is 6.54 Å². The highest BCUT2D eigenvalue weighted by molar-refractivity contribution is 7.71. The van der Waals surface area contributed by atoms with Crippen LogP contribution in [0.15, 0.2) is 53.6 Å². The molecule has 0 bridgehead atoms. The van der Waals surface area contributed by atoms with Crippen LogP contribution in [0.4, 0.5) is 0 Å². The number of aryl methyl sites for hydroxylation is 2. The van der Waals surface area contributed by atoms with Crippen molar-refractivity contribution in [1.29, 1.82) is 0 Å². The van der Waals surface area contributed by atoms with Crippen molar-refractivity contribution in [2.45, 2.75) is 27.3 Å². The molecule has 0 aliphatic rings. The number of hydrogen-bond acceptors (Lipinski definition) is 3. The van der Waals surface area contributed by atoms with E-state index in [1.54, 1.807) is 4.68 Å². The smallest absolute Gasteiger partial charge is 0.216 e. The minimum Gasteiger partial charge on any atom is -0.340 e. The highest BCUT2D eigenvalue weighted by atomic mass is 32.1. The molecule has 27 heavy (non-hydrogen) atoms. The second-order valence-electron chi connectivity index (χ2n) is 6.72. The minimum absolute atomic E-state index is 0.491. The van der Waals surface area contributed by atoms with Gasteiger partial charge < -0.3 is 4.57 Å². The van der Waals surface area contributed by atoms with E-state index in [1.807, 2.05) is 13.1 Å². The van der Waals surface area contributed by atoms with Crippen molar-refractivity contribution in [2.75, 3.05) is 0 Å². The van der Waals surface area contributed by atoms with Crippen LogP contribution >= 0.6 is 12.2 Å². The lowest BCUT2D eigenvalue weighted by atomic mass is 10.1. The van der Waals surface area contributed by atoms with Crippen molar-refractivity contribution in [3.05, 3.63) is 81.5 Å². The standard InChI is InChI=1S/C21H21N5S/c1-14-7-6-8-17(11-14)13-25-15(2)19(18-9-4-5-10-20(18)25)12-22-26-16(3)23-24-21(26)27/h4-12H,13H2,1-3H3,(H,24,27)/b22-12-. The number of hydrogen-bond donors (Lipinski definition) is 1. The fourth-order valence-electron chi connectivity index (χ4n) is 3.44. The number of aromatic nitrogens is 4. The van der Waals surface area contributed by atoms with Gasteiger partial charge in [0, 0.05) is 28.7 Å². The molecule has 4 aromatic rings. The molecule has 0 atom stereocenters. The second kappa shape index (κ2) is 6.96. The first-order valence-electron chi connectivity index (χ1n) is 8.86. The second-order valence-corrected chi connectivity index (χ2v) is 7.11. The van der Waals surface area contributed by atoms with E-state index in [4.69, 9.17) is 12.2 Å². The Morgan fingerprint density at radius 3 is 2.67 bits per heavy atom. The number of fused-ring (bicyclic) bond motifs is 1. The normalized spacial score (nSPS) is 11.7. The molecule has 0 fully saturated rings. The van der Waals surface area contributed by atoms with Gasteiger partial charge in [0.1, 0.15) is 5.82 Å². The molecule has 0 amide bonds. The molecule has 6 heteroatoms. The Hall–Kier alpha value is -2.99. The molecule has 2 aromatic carbocycles. The molecule has 4 rings (SSSR count). The largest absolute Gasteiger partial charge is 0.340 e. The van der Waals surface area contributed by atoms with Crippen molar-refractivity contribution in [1.82, 2.24) is 19.4 Å². The van der Waals surface area contributed by atoms with E-state index in [0.717, 1.165) is 17.9 Å². The van der Waals surface area contributed by atoms with E-state index in [0.29, 0.717) is 4.77 Å². The molecule has 2 aromatic heterocycles. The van der Waals surface area contributed by atoms with Gasteiger partial charge >= 0.3 is 0 Å². The molecule has 0 saturated heterocycles. The van der Waals surface area contributed by atoms with Crippen molar-refractivity contribution in [3.8, 4) is 0 Å². The molecular weight excluding hydrogens is 354 g/mol. The average Bonchev–Trinajstić information content (AvgIpc) is 3.11. The van der Waals surface area contributed by atoms with E-state index in [2.05, 4.69) is 82.2 Å². The Balaban J connectivity index is 1.82. The molecule has 0 saturated carbocycles. The van der Waals surface area contributed by atoms with Gasteiger partial charge in [0.25, 0.3) is 0 Å². The number of nitrogens with one attached hydrogen (secondary N) is 1.